The fourth-order valence-electron chi connectivity index (χ4n) is 4.23. The molecule has 4 rings (SSSR count). The Labute approximate surface area is 108 Å². The summed E-state index contributed by atoms with van der Waals surface area (Å²) in [6.07, 6.45) is 4.30. The van der Waals surface area contributed by atoms with E-state index < -0.39 is 0 Å². The topological polar surface area (TPSA) is 18.5 Å². The fourth-order valence-corrected chi connectivity index (χ4v) is 4.23. The minimum atomic E-state index is -0.111. The molecule has 0 aromatic heterocycles. The van der Waals surface area contributed by atoms with Gasteiger partial charge in [0.1, 0.15) is 0 Å². The summed E-state index contributed by atoms with van der Waals surface area (Å²) in [5.74, 6) is 0.460. The van der Waals surface area contributed by atoms with Crippen molar-refractivity contribution in [2.45, 2.75) is 62.9 Å². The van der Waals surface area contributed by atoms with E-state index in [-0.39, 0.29) is 5.60 Å². The fraction of sp³-hybridized carbons (Fsp3) is 0.625. The standard InChI is InChI=1S/C16H20O2/c1-3-6-12-14-10-7-4-5-8-11(10)16(2)9-13(17-12)15(14)18-16/h4-5,7-8,12-15H,3,6,9H2,1-2H3/t12-,13+,14+,15-,16+/m1/s1. The molecular weight excluding hydrogens is 224 g/mol. The van der Waals surface area contributed by atoms with E-state index in [9.17, 15) is 0 Å². The first-order chi connectivity index (χ1) is 8.73. The van der Waals surface area contributed by atoms with E-state index in [0.29, 0.717) is 24.2 Å². The van der Waals surface area contributed by atoms with Crippen LogP contribution < -0.4 is 0 Å². The summed E-state index contributed by atoms with van der Waals surface area (Å²) in [6.45, 7) is 4.45. The van der Waals surface area contributed by atoms with Crippen LogP contribution in [0.5, 0.6) is 0 Å². The molecule has 0 amide bonds. The molecule has 2 heteroatoms. The van der Waals surface area contributed by atoms with Gasteiger partial charge < -0.3 is 9.47 Å². The van der Waals surface area contributed by atoms with Crippen molar-refractivity contribution >= 4 is 0 Å². The minimum Gasteiger partial charge on any atom is -0.371 e. The van der Waals surface area contributed by atoms with Crippen LogP contribution in [-0.4, -0.2) is 18.3 Å². The van der Waals surface area contributed by atoms with Gasteiger partial charge in [0.05, 0.1) is 23.9 Å². The average Bonchev–Trinajstić information content (AvgIpc) is 2.81. The third kappa shape index (κ3) is 1.25. The van der Waals surface area contributed by atoms with E-state index in [1.54, 1.807) is 0 Å². The third-order valence-electron chi connectivity index (χ3n) is 4.92. The van der Waals surface area contributed by atoms with Gasteiger partial charge in [0.15, 0.2) is 0 Å². The molecular formula is C16H20O2. The van der Waals surface area contributed by atoms with E-state index in [1.165, 1.54) is 17.5 Å². The molecule has 0 radical (unpaired) electrons. The molecule has 2 nitrogen and oxygen atoms in total. The van der Waals surface area contributed by atoms with Crippen molar-refractivity contribution in [1.29, 1.82) is 0 Å². The van der Waals surface area contributed by atoms with Gasteiger partial charge in [-0.3, -0.25) is 0 Å². The molecule has 1 aromatic rings. The highest BCUT2D eigenvalue weighted by Crippen LogP contribution is 2.57. The lowest BCUT2D eigenvalue weighted by molar-refractivity contribution is -0.0563. The molecule has 0 N–H and O–H groups in total. The number of fused-ring (bicyclic) bond motifs is 4. The molecule has 2 fully saturated rings. The highest BCUT2D eigenvalue weighted by molar-refractivity contribution is 5.42. The second kappa shape index (κ2) is 3.58. The van der Waals surface area contributed by atoms with Crippen LogP contribution in [0.2, 0.25) is 0 Å². The minimum absolute atomic E-state index is 0.111. The average molecular weight is 244 g/mol. The summed E-state index contributed by atoms with van der Waals surface area (Å²) in [5, 5.41) is 0. The molecule has 0 saturated carbocycles. The Bertz CT molecular complexity index is 480. The number of rotatable bonds is 2. The number of hydrogen-bond donors (Lipinski definition) is 0. The highest BCUT2D eigenvalue weighted by atomic mass is 16.6. The zero-order chi connectivity index (χ0) is 12.3. The van der Waals surface area contributed by atoms with Crippen molar-refractivity contribution in [2.24, 2.45) is 0 Å². The lowest BCUT2D eigenvalue weighted by atomic mass is 9.80. The molecule has 3 heterocycles. The molecule has 0 spiro atoms. The second-order valence-electron chi connectivity index (χ2n) is 6.13. The number of ether oxygens (including phenoxy) is 2. The molecule has 0 aliphatic carbocycles. The Hall–Kier alpha value is -0.860. The van der Waals surface area contributed by atoms with Crippen molar-refractivity contribution in [3.63, 3.8) is 0 Å². The van der Waals surface area contributed by atoms with Crippen molar-refractivity contribution in [3.8, 4) is 0 Å². The Morgan fingerprint density at radius 2 is 2.17 bits per heavy atom. The quantitative estimate of drug-likeness (QED) is 0.794. The maximum Gasteiger partial charge on any atom is 0.0943 e. The molecule has 96 valence electrons. The zero-order valence-corrected chi connectivity index (χ0v) is 11.1. The van der Waals surface area contributed by atoms with E-state index in [2.05, 4.69) is 38.1 Å². The van der Waals surface area contributed by atoms with Crippen LogP contribution in [0.3, 0.4) is 0 Å². The molecule has 2 bridgehead atoms. The molecule has 18 heavy (non-hydrogen) atoms. The first-order valence-electron chi connectivity index (χ1n) is 7.15. The van der Waals surface area contributed by atoms with Crippen LogP contribution in [0.4, 0.5) is 0 Å². The van der Waals surface area contributed by atoms with Gasteiger partial charge in [0.25, 0.3) is 0 Å². The molecule has 0 unspecified atom stereocenters. The number of benzene rings is 1. The van der Waals surface area contributed by atoms with E-state index in [0.717, 1.165) is 12.8 Å². The van der Waals surface area contributed by atoms with E-state index in [4.69, 9.17) is 9.47 Å². The first-order valence-corrected chi connectivity index (χ1v) is 7.15. The van der Waals surface area contributed by atoms with Crippen LogP contribution >= 0.6 is 0 Å². The van der Waals surface area contributed by atoms with Gasteiger partial charge in [0, 0.05) is 12.3 Å². The molecule has 2 saturated heterocycles. The summed E-state index contributed by atoms with van der Waals surface area (Å²) >= 11 is 0. The van der Waals surface area contributed by atoms with Gasteiger partial charge in [-0.05, 0) is 24.5 Å². The predicted molar refractivity (Wildman–Crippen MR) is 69.6 cm³/mol. The van der Waals surface area contributed by atoms with E-state index in [1.807, 2.05) is 0 Å². The van der Waals surface area contributed by atoms with Gasteiger partial charge in [-0.1, -0.05) is 37.6 Å². The van der Waals surface area contributed by atoms with Crippen LogP contribution in [0, 0.1) is 0 Å². The van der Waals surface area contributed by atoms with Crippen molar-refractivity contribution in [1.82, 2.24) is 0 Å². The van der Waals surface area contributed by atoms with Crippen LogP contribution in [-0.2, 0) is 15.1 Å². The molecule has 1 aromatic carbocycles. The van der Waals surface area contributed by atoms with Crippen LogP contribution in [0.15, 0.2) is 24.3 Å². The molecule has 3 aliphatic rings. The lowest BCUT2D eigenvalue weighted by Crippen LogP contribution is -2.36. The van der Waals surface area contributed by atoms with E-state index >= 15 is 0 Å². The van der Waals surface area contributed by atoms with Crippen LogP contribution in [0.1, 0.15) is 50.2 Å². The summed E-state index contributed by atoms with van der Waals surface area (Å²) in [6, 6.07) is 8.82. The smallest absolute Gasteiger partial charge is 0.0943 e. The first kappa shape index (κ1) is 11.0. The van der Waals surface area contributed by atoms with Gasteiger partial charge in [0.2, 0.25) is 0 Å². The summed E-state index contributed by atoms with van der Waals surface area (Å²) in [4.78, 5) is 0. The lowest BCUT2D eigenvalue weighted by Gasteiger charge is -2.38. The third-order valence-corrected chi connectivity index (χ3v) is 4.92. The maximum atomic E-state index is 6.35. The summed E-state index contributed by atoms with van der Waals surface area (Å²) in [5.41, 5.74) is 2.77. The number of hydrogen-bond acceptors (Lipinski definition) is 2. The normalized spacial score (nSPS) is 44.1. The van der Waals surface area contributed by atoms with Gasteiger partial charge in [-0.15, -0.1) is 0 Å². The highest BCUT2D eigenvalue weighted by Gasteiger charge is 2.59. The Balaban J connectivity index is 1.85. The van der Waals surface area contributed by atoms with Gasteiger partial charge in [-0.25, -0.2) is 0 Å². The summed E-state index contributed by atoms with van der Waals surface area (Å²) in [7, 11) is 0. The second-order valence-corrected chi connectivity index (χ2v) is 6.13. The molecule has 5 atom stereocenters. The van der Waals surface area contributed by atoms with Crippen LogP contribution in [0.25, 0.3) is 0 Å². The Morgan fingerprint density at radius 3 is 3.00 bits per heavy atom. The largest absolute Gasteiger partial charge is 0.371 e. The van der Waals surface area contributed by atoms with Gasteiger partial charge >= 0.3 is 0 Å². The Morgan fingerprint density at radius 1 is 1.33 bits per heavy atom. The maximum absolute atomic E-state index is 6.35. The van der Waals surface area contributed by atoms with Crippen molar-refractivity contribution in [2.75, 3.05) is 0 Å². The Kier molecular flexibility index (Phi) is 2.19. The van der Waals surface area contributed by atoms with Crippen molar-refractivity contribution in [3.05, 3.63) is 35.4 Å². The van der Waals surface area contributed by atoms with Crippen molar-refractivity contribution < 1.29 is 9.47 Å². The predicted octanol–water partition coefficient (Wildman–Crippen LogP) is 3.36. The SMILES string of the molecule is CCC[C@H]1O[C@H]2C[C@]3(C)O[C@H]2[C@H]1c1ccccc13. The summed E-state index contributed by atoms with van der Waals surface area (Å²) < 4.78 is 12.6. The van der Waals surface area contributed by atoms with Gasteiger partial charge in [-0.2, -0.15) is 0 Å². The molecule has 3 aliphatic heterocycles. The monoisotopic (exact) mass is 244 g/mol. The zero-order valence-electron chi connectivity index (χ0n) is 11.1.